The Hall–Kier alpha value is -0.810. The Kier molecular flexibility index (Phi) is 5.49. The smallest absolute Gasteiger partial charge is 0.323 e. The summed E-state index contributed by atoms with van der Waals surface area (Å²) in [5.74, 6) is -1.04. The molecular formula is C12H21NO8. The number of ether oxygens (including phenoxy) is 1. The van der Waals surface area contributed by atoms with Gasteiger partial charge in [-0.1, -0.05) is 0 Å². The Labute approximate surface area is 121 Å². The molecule has 2 rings (SSSR count). The van der Waals surface area contributed by atoms with Crippen molar-refractivity contribution in [3.8, 4) is 0 Å². The van der Waals surface area contributed by atoms with E-state index in [2.05, 4.69) is 0 Å². The van der Waals surface area contributed by atoms with E-state index in [1.165, 1.54) is 5.06 Å². The number of hydroxylamine groups is 2. The zero-order chi connectivity index (χ0) is 15.6. The Bertz CT molecular complexity index is 365. The molecule has 2 aliphatic rings. The Morgan fingerprint density at radius 3 is 2.52 bits per heavy atom. The number of carbonyl (C=O) groups is 1. The fourth-order valence-electron chi connectivity index (χ4n) is 2.57. The second kappa shape index (κ2) is 6.97. The van der Waals surface area contributed by atoms with Gasteiger partial charge in [-0.05, 0) is 19.3 Å². The molecule has 9 nitrogen and oxygen atoms in total. The van der Waals surface area contributed by atoms with Gasteiger partial charge in [0.1, 0.15) is 30.5 Å². The molecule has 0 aromatic heterocycles. The SMILES string of the molecule is O=C(O)C1CCCCN1O[C@@H]1O[C@H](CO)[C@@H](O)[C@H](O)[C@H]1O. The van der Waals surface area contributed by atoms with E-state index in [0.29, 0.717) is 13.0 Å². The van der Waals surface area contributed by atoms with Crippen LogP contribution in [0.2, 0.25) is 0 Å². The van der Waals surface area contributed by atoms with Crippen molar-refractivity contribution in [2.24, 2.45) is 0 Å². The van der Waals surface area contributed by atoms with E-state index >= 15 is 0 Å². The lowest BCUT2D eigenvalue weighted by atomic mass is 9.99. The van der Waals surface area contributed by atoms with Crippen molar-refractivity contribution in [1.82, 2.24) is 5.06 Å². The molecule has 0 bridgehead atoms. The summed E-state index contributed by atoms with van der Waals surface area (Å²) in [6.07, 6.45) is -5.09. The van der Waals surface area contributed by atoms with Gasteiger partial charge in [0, 0.05) is 6.54 Å². The van der Waals surface area contributed by atoms with Crippen LogP contribution < -0.4 is 0 Å². The first-order valence-electron chi connectivity index (χ1n) is 6.92. The standard InChI is InChI=1S/C12H21NO8/c14-5-7-8(15)9(16)10(17)12(20-7)21-13-4-2-1-3-6(13)11(18)19/h6-10,12,14-17H,1-5H2,(H,18,19)/t6?,7-,8-,9+,10-,12+/m1/s1. The van der Waals surface area contributed by atoms with Crippen LogP contribution in [0.5, 0.6) is 0 Å². The van der Waals surface area contributed by atoms with Crippen molar-refractivity contribution >= 4 is 5.97 Å². The van der Waals surface area contributed by atoms with Gasteiger partial charge in [-0.3, -0.25) is 9.63 Å². The van der Waals surface area contributed by atoms with Crippen molar-refractivity contribution in [3.05, 3.63) is 0 Å². The fraction of sp³-hybridized carbons (Fsp3) is 0.917. The molecule has 0 spiro atoms. The summed E-state index contributed by atoms with van der Waals surface area (Å²) in [6, 6.07) is -0.855. The number of hydrogen-bond acceptors (Lipinski definition) is 8. The summed E-state index contributed by atoms with van der Waals surface area (Å²) in [5, 5.41) is 48.6. The number of carboxylic acids is 1. The summed E-state index contributed by atoms with van der Waals surface area (Å²) in [5.41, 5.74) is 0. The third kappa shape index (κ3) is 3.51. The van der Waals surface area contributed by atoms with Gasteiger partial charge < -0.3 is 30.3 Å². The molecule has 5 N–H and O–H groups in total. The largest absolute Gasteiger partial charge is 0.480 e. The van der Waals surface area contributed by atoms with E-state index in [1.807, 2.05) is 0 Å². The molecule has 6 atom stereocenters. The molecule has 0 aromatic carbocycles. The Balaban J connectivity index is 2.04. The summed E-state index contributed by atoms with van der Waals surface area (Å²) in [7, 11) is 0. The fourth-order valence-corrected chi connectivity index (χ4v) is 2.57. The minimum absolute atomic E-state index is 0.353. The van der Waals surface area contributed by atoms with Gasteiger partial charge in [0.05, 0.1) is 6.61 Å². The second-order valence-corrected chi connectivity index (χ2v) is 5.29. The third-order valence-corrected chi connectivity index (χ3v) is 3.83. The van der Waals surface area contributed by atoms with Crippen LogP contribution in [-0.2, 0) is 14.4 Å². The van der Waals surface area contributed by atoms with Gasteiger partial charge in [-0.15, -0.1) is 0 Å². The zero-order valence-electron chi connectivity index (χ0n) is 11.4. The van der Waals surface area contributed by atoms with Crippen LogP contribution in [0.3, 0.4) is 0 Å². The monoisotopic (exact) mass is 307 g/mol. The zero-order valence-corrected chi connectivity index (χ0v) is 11.4. The summed E-state index contributed by atoms with van der Waals surface area (Å²) in [6.45, 7) is -0.209. The van der Waals surface area contributed by atoms with Crippen molar-refractivity contribution in [1.29, 1.82) is 0 Å². The lowest BCUT2D eigenvalue weighted by Crippen LogP contribution is -2.61. The van der Waals surface area contributed by atoms with E-state index in [0.717, 1.165) is 12.8 Å². The Morgan fingerprint density at radius 1 is 1.19 bits per heavy atom. The van der Waals surface area contributed by atoms with Crippen LogP contribution in [-0.4, -0.2) is 86.5 Å². The lowest BCUT2D eigenvalue weighted by molar-refractivity contribution is -0.370. The van der Waals surface area contributed by atoms with Crippen LogP contribution in [0.15, 0.2) is 0 Å². The highest BCUT2D eigenvalue weighted by Crippen LogP contribution is 2.25. The normalized spacial score (nSPS) is 41.9. The third-order valence-electron chi connectivity index (χ3n) is 3.83. The summed E-state index contributed by atoms with van der Waals surface area (Å²) >= 11 is 0. The molecule has 0 aromatic rings. The van der Waals surface area contributed by atoms with Crippen molar-refractivity contribution < 1.29 is 39.9 Å². The quantitative estimate of drug-likeness (QED) is 0.386. The number of aliphatic hydroxyl groups is 4. The van der Waals surface area contributed by atoms with E-state index in [-0.39, 0.29) is 0 Å². The highest BCUT2D eigenvalue weighted by Gasteiger charge is 2.46. The van der Waals surface area contributed by atoms with Gasteiger partial charge in [0.15, 0.2) is 0 Å². The number of rotatable bonds is 4. The number of hydrogen-bond donors (Lipinski definition) is 5. The molecule has 1 unspecified atom stereocenters. The highest BCUT2D eigenvalue weighted by molar-refractivity contribution is 5.73. The molecule has 0 radical (unpaired) electrons. The molecule has 0 aliphatic carbocycles. The minimum Gasteiger partial charge on any atom is -0.480 e. The van der Waals surface area contributed by atoms with E-state index in [1.54, 1.807) is 0 Å². The average molecular weight is 307 g/mol. The maximum absolute atomic E-state index is 11.2. The van der Waals surface area contributed by atoms with Crippen molar-refractivity contribution in [2.75, 3.05) is 13.2 Å². The first-order valence-corrected chi connectivity index (χ1v) is 6.92. The van der Waals surface area contributed by atoms with Crippen molar-refractivity contribution in [2.45, 2.75) is 56.0 Å². The van der Waals surface area contributed by atoms with Crippen LogP contribution in [0.25, 0.3) is 0 Å². The molecule has 122 valence electrons. The van der Waals surface area contributed by atoms with E-state index < -0.39 is 49.3 Å². The highest BCUT2D eigenvalue weighted by atomic mass is 16.8. The van der Waals surface area contributed by atoms with Crippen LogP contribution in [0.1, 0.15) is 19.3 Å². The second-order valence-electron chi connectivity index (χ2n) is 5.29. The first-order chi connectivity index (χ1) is 9.95. The van der Waals surface area contributed by atoms with E-state index in [4.69, 9.17) is 19.8 Å². The van der Waals surface area contributed by atoms with Gasteiger partial charge in [0.2, 0.25) is 6.29 Å². The molecule has 9 heteroatoms. The number of carboxylic acid groups (broad SMARTS) is 1. The molecule has 2 saturated heterocycles. The van der Waals surface area contributed by atoms with Gasteiger partial charge in [0.25, 0.3) is 0 Å². The summed E-state index contributed by atoms with van der Waals surface area (Å²) < 4.78 is 5.19. The first kappa shape index (κ1) is 16.6. The number of aliphatic hydroxyl groups excluding tert-OH is 4. The summed E-state index contributed by atoms with van der Waals surface area (Å²) in [4.78, 5) is 16.5. The maximum Gasteiger partial charge on any atom is 0.323 e. The number of piperidine rings is 1. The van der Waals surface area contributed by atoms with E-state index in [9.17, 15) is 20.1 Å². The average Bonchev–Trinajstić information content (AvgIpc) is 2.48. The van der Waals surface area contributed by atoms with Crippen LogP contribution in [0.4, 0.5) is 0 Å². The van der Waals surface area contributed by atoms with Crippen LogP contribution >= 0.6 is 0 Å². The Morgan fingerprint density at radius 2 is 1.90 bits per heavy atom. The van der Waals surface area contributed by atoms with Gasteiger partial charge in [-0.25, -0.2) is 0 Å². The topological polar surface area (TPSA) is 140 Å². The molecule has 0 saturated carbocycles. The molecule has 0 amide bonds. The van der Waals surface area contributed by atoms with Crippen LogP contribution in [0, 0.1) is 0 Å². The number of nitrogens with zero attached hydrogens (tertiary/aromatic N) is 1. The number of aliphatic carboxylic acids is 1. The predicted octanol–water partition coefficient (Wildman–Crippen LogP) is -2.34. The molecule has 2 aliphatic heterocycles. The molecule has 21 heavy (non-hydrogen) atoms. The minimum atomic E-state index is -1.55. The lowest BCUT2D eigenvalue weighted by Gasteiger charge is -2.42. The molecule has 2 fully saturated rings. The molecule has 2 heterocycles. The molecular weight excluding hydrogens is 286 g/mol. The van der Waals surface area contributed by atoms with Gasteiger partial charge >= 0.3 is 5.97 Å². The van der Waals surface area contributed by atoms with Crippen molar-refractivity contribution in [3.63, 3.8) is 0 Å². The predicted molar refractivity (Wildman–Crippen MR) is 66.8 cm³/mol. The maximum atomic E-state index is 11.2. The van der Waals surface area contributed by atoms with Gasteiger partial charge in [-0.2, -0.15) is 5.06 Å².